The van der Waals surface area contributed by atoms with Crippen LogP contribution in [0.3, 0.4) is 0 Å². The molecule has 0 amide bonds. The van der Waals surface area contributed by atoms with Crippen LogP contribution in [0.25, 0.3) is 11.1 Å². The van der Waals surface area contributed by atoms with Crippen molar-refractivity contribution in [2.75, 3.05) is 0 Å². The number of rotatable bonds is 7. The van der Waals surface area contributed by atoms with Gasteiger partial charge in [0.1, 0.15) is 6.10 Å². The van der Waals surface area contributed by atoms with E-state index >= 15 is 0 Å². The average Bonchev–Trinajstić information content (AvgIpc) is 2.73. The van der Waals surface area contributed by atoms with Crippen LogP contribution < -0.4 is 0 Å². The summed E-state index contributed by atoms with van der Waals surface area (Å²) in [6.07, 6.45) is -5.68. The Bertz CT molecular complexity index is 995. The molecule has 0 N–H and O–H groups in total. The average molecular weight is 459 g/mol. The van der Waals surface area contributed by atoms with Crippen molar-refractivity contribution in [3.8, 4) is 11.1 Å². The van der Waals surface area contributed by atoms with E-state index in [1.54, 1.807) is 24.3 Å². The molecule has 0 heterocycles. The predicted molar refractivity (Wildman–Crippen MR) is 125 cm³/mol. The van der Waals surface area contributed by atoms with Gasteiger partial charge in [0, 0.05) is 4.90 Å². The molecule has 0 radical (unpaired) electrons. The maximum Gasteiger partial charge on any atom is 0.415 e. The number of benzene rings is 3. The quantitative estimate of drug-likeness (QED) is 0.259. The van der Waals surface area contributed by atoms with E-state index in [2.05, 4.69) is 0 Å². The van der Waals surface area contributed by atoms with Crippen LogP contribution in [0, 0.1) is 0 Å². The van der Waals surface area contributed by atoms with Gasteiger partial charge in [-0.2, -0.15) is 13.2 Å². The third kappa shape index (κ3) is 6.85. The first-order valence-corrected chi connectivity index (χ1v) is 14.2. The standard InChI is InChI=1S/C25H25F3OSSi/c1-31(2,3)29-24(21-16-14-20(15-17-21)19-10-6-4-7-11-19)23(25(26,27)28)18-30-22-12-8-5-9-13-22/h4-18,24H,1-3H3/b23-18+. The van der Waals surface area contributed by atoms with Gasteiger partial charge in [-0.25, -0.2) is 0 Å². The van der Waals surface area contributed by atoms with Crippen molar-refractivity contribution in [2.24, 2.45) is 0 Å². The van der Waals surface area contributed by atoms with Crippen LogP contribution >= 0.6 is 11.8 Å². The SMILES string of the molecule is C[Si](C)(C)OC(/C(=C\Sc1ccccc1)C(F)(F)F)c1ccc(-c2ccccc2)cc1. The topological polar surface area (TPSA) is 9.23 Å². The van der Waals surface area contributed by atoms with Gasteiger partial charge in [0.15, 0.2) is 8.32 Å². The number of halogens is 3. The highest BCUT2D eigenvalue weighted by Crippen LogP contribution is 2.42. The van der Waals surface area contributed by atoms with Crippen LogP contribution in [0.4, 0.5) is 13.2 Å². The van der Waals surface area contributed by atoms with E-state index < -0.39 is 26.2 Å². The molecule has 31 heavy (non-hydrogen) atoms. The molecule has 0 bridgehead atoms. The van der Waals surface area contributed by atoms with E-state index in [1.807, 2.05) is 80.3 Å². The van der Waals surface area contributed by atoms with E-state index in [9.17, 15) is 13.2 Å². The highest BCUT2D eigenvalue weighted by molar-refractivity contribution is 8.02. The first-order valence-electron chi connectivity index (χ1n) is 9.96. The molecule has 1 unspecified atom stereocenters. The van der Waals surface area contributed by atoms with Crippen LogP contribution in [0.5, 0.6) is 0 Å². The lowest BCUT2D eigenvalue weighted by Gasteiger charge is -2.30. The highest BCUT2D eigenvalue weighted by atomic mass is 32.2. The van der Waals surface area contributed by atoms with Gasteiger partial charge < -0.3 is 4.43 Å². The fourth-order valence-electron chi connectivity index (χ4n) is 3.05. The molecule has 162 valence electrons. The molecule has 3 aromatic rings. The summed E-state index contributed by atoms with van der Waals surface area (Å²) in [4.78, 5) is 0.746. The molecule has 0 saturated carbocycles. The summed E-state index contributed by atoms with van der Waals surface area (Å²) in [6, 6.07) is 26.0. The molecule has 0 aliphatic carbocycles. The van der Waals surface area contributed by atoms with Gasteiger partial charge in [-0.1, -0.05) is 84.6 Å². The Balaban J connectivity index is 1.99. The third-order valence-corrected chi connectivity index (χ3v) is 6.33. The smallest absolute Gasteiger partial charge is 0.407 e. The minimum atomic E-state index is -4.51. The largest absolute Gasteiger partial charge is 0.415 e. The molecule has 1 atom stereocenters. The second-order valence-electron chi connectivity index (χ2n) is 8.10. The monoisotopic (exact) mass is 458 g/mol. The van der Waals surface area contributed by atoms with Crippen LogP contribution in [0.1, 0.15) is 11.7 Å². The van der Waals surface area contributed by atoms with Gasteiger partial charge in [0.25, 0.3) is 0 Å². The van der Waals surface area contributed by atoms with Crippen LogP contribution in [0.15, 0.2) is 101 Å². The first-order chi connectivity index (χ1) is 14.6. The van der Waals surface area contributed by atoms with Crippen LogP contribution in [-0.4, -0.2) is 14.5 Å². The van der Waals surface area contributed by atoms with Crippen molar-refractivity contribution in [1.82, 2.24) is 0 Å². The summed E-state index contributed by atoms with van der Waals surface area (Å²) < 4.78 is 48.5. The molecular formula is C25H25F3OSSi. The minimum absolute atomic E-state index is 0.499. The lowest BCUT2D eigenvalue weighted by molar-refractivity contribution is -0.104. The van der Waals surface area contributed by atoms with E-state index in [0.29, 0.717) is 5.56 Å². The van der Waals surface area contributed by atoms with Crippen molar-refractivity contribution >= 4 is 20.1 Å². The van der Waals surface area contributed by atoms with E-state index in [1.165, 1.54) is 5.41 Å². The van der Waals surface area contributed by atoms with Crippen molar-refractivity contribution < 1.29 is 17.6 Å². The molecule has 0 saturated heterocycles. The summed E-state index contributed by atoms with van der Waals surface area (Å²) in [5, 5.41) is 1.19. The van der Waals surface area contributed by atoms with E-state index in [4.69, 9.17) is 4.43 Å². The second-order valence-corrected chi connectivity index (χ2v) is 13.5. The summed E-state index contributed by atoms with van der Waals surface area (Å²) in [6.45, 7) is 5.70. The summed E-state index contributed by atoms with van der Waals surface area (Å²) >= 11 is 1.06. The Hall–Kier alpha value is -2.28. The molecule has 0 aromatic heterocycles. The Labute approximate surface area is 187 Å². The second kappa shape index (κ2) is 9.89. The Morgan fingerprint density at radius 2 is 1.32 bits per heavy atom. The van der Waals surface area contributed by atoms with Gasteiger partial charge in [-0.05, 0) is 53.9 Å². The summed E-state index contributed by atoms with van der Waals surface area (Å²) in [5.41, 5.74) is 1.78. The van der Waals surface area contributed by atoms with Gasteiger partial charge in [-0.3, -0.25) is 0 Å². The lowest BCUT2D eigenvalue weighted by Crippen LogP contribution is -2.32. The predicted octanol–water partition coefficient (Wildman–Crippen LogP) is 8.48. The van der Waals surface area contributed by atoms with Crippen LogP contribution in [0.2, 0.25) is 19.6 Å². The van der Waals surface area contributed by atoms with Gasteiger partial charge in [0.05, 0.1) is 5.57 Å². The molecule has 0 spiro atoms. The number of alkyl halides is 3. The third-order valence-electron chi connectivity index (χ3n) is 4.47. The molecule has 3 rings (SSSR count). The molecule has 6 heteroatoms. The van der Waals surface area contributed by atoms with Crippen molar-refractivity contribution in [2.45, 2.75) is 36.8 Å². The molecular weight excluding hydrogens is 433 g/mol. The van der Waals surface area contributed by atoms with E-state index in [0.717, 1.165) is 27.8 Å². The van der Waals surface area contributed by atoms with Crippen molar-refractivity contribution in [3.05, 3.63) is 101 Å². The highest BCUT2D eigenvalue weighted by Gasteiger charge is 2.41. The lowest BCUT2D eigenvalue weighted by atomic mass is 9.98. The fraction of sp³-hybridized carbons (Fsp3) is 0.200. The number of thioether (sulfide) groups is 1. The zero-order chi connectivity index (χ0) is 22.5. The van der Waals surface area contributed by atoms with Gasteiger partial charge in [0.2, 0.25) is 0 Å². The fourth-order valence-corrected chi connectivity index (χ4v) is 4.86. The number of hydrogen-bond acceptors (Lipinski definition) is 2. The minimum Gasteiger partial charge on any atom is -0.407 e. The molecule has 3 aromatic carbocycles. The summed E-state index contributed by atoms with van der Waals surface area (Å²) in [5.74, 6) is 0. The number of hydrogen-bond donors (Lipinski definition) is 0. The zero-order valence-corrected chi connectivity index (χ0v) is 19.5. The normalized spacial score (nSPS) is 13.8. The maximum atomic E-state index is 14.1. The molecule has 0 fully saturated rings. The molecule has 1 nitrogen and oxygen atoms in total. The Kier molecular flexibility index (Phi) is 7.46. The first kappa shape index (κ1) is 23.4. The van der Waals surface area contributed by atoms with Crippen molar-refractivity contribution in [3.63, 3.8) is 0 Å². The maximum absolute atomic E-state index is 14.1. The molecule has 0 aliphatic heterocycles. The zero-order valence-electron chi connectivity index (χ0n) is 17.7. The summed E-state index contributed by atoms with van der Waals surface area (Å²) in [7, 11) is -2.28. The van der Waals surface area contributed by atoms with E-state index in [-0.39, 0.29) is 0 Å². The van der Waals surface area contributed by atoms with Gasteiger partial charge >= 0.3 is 6.18 Å². The van der Waals surface area contributed by atoms with Crippen LogP contribution in [-0.2, 0) is 4.43 Å². The van der Waals surface area contributed by atoms with Crippen molar-refractivity contribution in [1.29, 1.82) is 0 Å². The Morgan fingerprint density at radius 3 is 1.84 bits per heavy atom. The van der Waals surface area contributed by atoms with Gasteiger partial charge in [-0.15, -0.1) is 0 Å². The molecule has 0 aliphatic rings. The Morgan fingerprint density at radius 1 is 0.806 bits per heavy atom.